The highest BCUT2D eigenvalue weighted by molar-refractivity contribution is 7.99. The van der Waals surface area contributed by atoms with Crippen molar-refractivity contribution in [1.82, 2.24) is 24.6 Å². The molecule has 0 radical (unpaired) electrons. The molecule has 210 valence electrons. The topological polar surface area (TPSA) is 71.3 Å². The van der Waals surface area contributed by atoms with Crippen LogP contribution >= 0.6 is 23.4 Å². The largest absolute Gasteiger partial charge is 0.339 e. The summed E-state index contributed by atoms with van der Waals surface area (Å²) in [6.45, 7) is 3.62. The van der Waals surface area contributed by atoms with Gasteiger partial charge in [-0.1, -0.05) is 84.0 Å². The van der Waals surface area contributed by atoms with Crippen molar-refractivity contribution in [3.05, 3.63) is 102 Å². The maximum absolute atomic E-state index is 13.0. The van der Waals surface area contributed by atoms with Crippen molar-refractivity contribution in [1.29, 1.82) is 0 Å². The molecular formula is C32H32ClN5O2S. The van der Waals surface area contributed by atoms with E-state index < -0.39 is 0 Å². The zero-order valence-electron chi connectivity index (χ0n) is 22.9. The second kappa shape index (κ2) is 13.7. The Hall–Kier alpha value is -3.88. The summed E-state index contributed by atoms with van der Waals surface area (Å²) in [6, 6.07) is 27.3. The van der Waals surface area contributed by atoms with Gasteiger partial charge in [0, 0.05) is 55.2 Å². The molecule has 1 aromatic heterocycles. The smallest absolute Gasteiger partial charge is 0.246 e. The maximum Gasteiger partial charge on any atom is 0.246 e. The first kappa shape index (κ1) is 28.6. The Morgan fingerprint density at radius 3 is 2.39 bits per heavy atom. The summed E-state index contributed by atoms with van der Waals surface area (Å²) in [5.41, 5.74) is 2.75. The molecule has 0 bridgehead atoms. The number of rotatable bonds is 9. The fourth-order valence-electron chi connectivity index (χ4n) is 4.87. The van der Waals surface area contributed by atoms with Gasteiger partial charge in [-0.25, -0.2) is 0 Å². The quantitative estimate of drug-likeness (QED) is 0.132. The molecule has 3 aromatic carbocycles. The summed E-state index contributed by atoms with van der Waals surface area (Å²) in [5, 5.41) is 10.3. The molecule has 0 aliphatic carbocycles. The number of nitrogens with zero attached hydrogens (tertiary/aromatic N) is 5. The molecule has 2 amide bonds. The van der Waals surface area contributed by atoms with Gasteiger partial charge in [0.25, 0.3) is 0 Å². The molecule has 41 heavy (non-hydrogen) atoms. The zero-order valence-corrected chi connectivity index (χ0v) is 24.5. The SMILES string of the molecule is CC1CN(C(=O)CCCSc2nnc(-c3ccccc3Cl)n2-c2ccccc2)CCN1C(=O)C=Cc1ccccc1. The van der Waals surface area contributed by atoms with Crippen LogP contribution in [-0.4, -0.2) is 67.8 Å². The van der Waals surface area contributed by atoms with Crippen LogP contribution in [0.15, 0.2) is 96.2 Å². The highest BCUT2D eigenvalue weighted by atomic mass is 35.5. The molecule has 1 aliphatic rings. The van der Waals surface area contributed by atoms with Crippen LogP contribution in [0.3, 0.4) is 0 Å². The van der Waals surface area contributed by atoms with E-state index in [1.165, 1.54) is 0 Å². The summed E-state index contributed by atoms with van der Waals surface area (Å²) in [7, 11) is 0. The Bertz CT molecular complexity index is 1510. The molecule has 9 heteroatoms. The number of para-hydroxylation sites is 1. The molecule has 5 rings (SSSR count). The Morgan fingerprint density at radius 1 is 0.951 bits per heavy atom. The maximum atomic E-state index is 13.0. The lowest BCUT2D eigenvalue weighted by molar-refractivity contribution is -0.139. The van der Waals surface area contributed by atoms with Crippen molar-refractivity contribution in [2.24, 2.45) is 0 Å². The van der Waals surface area contributed by atoms with Crippen LogP contribution in [0.25, 0.3) is 23.2 Å². The normalized spacial score (nSPS) is 15.4. The number of hydrogen-bond acceptors (Lipinski definition) is 5. The van der Waals surface area contributed by atoms with E-state index in [2.05, 4.69) is 10.2 Å². The van der Waals surface area contributed by atoms with Crippen molar-refractivity contribution in [2.45, 2.75) is 31.0 Å². The molecule has 0 N–H and O–H groups in total. The second-order valence-corrected chi connectivity index (χ2v) is 11.3. The van der Waals surface area contributed by atoms with Gasteiger partial charge in [0.05, 0.1) is 5.02 Å². The standard InChI is InChI=1S/C32H32ClN5O2S/c1-24-23-36(20-21-37(24)30(40)19-18-25-11-4-2-5-12-25)29(39)17-10-22-41-32-35-34-31(27-15-8-9-16-28(27)33)38(32)26-13-6-3-7-14-26/h2-9,11-16,18-19,24H,10,17,20-23H2,1H3. The second-order valence-electron chi connectivity index (χ2n) is 9.87. The first-order valence-electron chi connectivity index (χ1n) is 13.7. The zero-order chi connectivity index (χ0) is 28.6. The number of benzene rings is 3. The van der Waals surface area contributed by atoms with Crippen LogP contribution in [-0.2, 0) is 9.59 Å². The number of carbonyl (C=O) groups excluding carboxylic acids is 2. The molecule has 1 fully saturated rings. The van der Waals surface area contributed by atoms with E-state index in [1.54, 1.807) is 17.8 Å². The number of halogens is 1. The number of aromatic nitrogens is 3. The summed E-state index contributed by atoms with van der Waals surface area (Å²) in [6.07, 6.45) is 4.60. The molecule has 7 nitrogen and oxygen atoms in total. The predicted molar refractivity (Wildman–Crippen MR) is 165 cm³/mol. The van der Waals surface area contributed by atoms with E-state index in [0.29, 0.717) is 43.3 Å². The molecule has 2 heterocycles. The number of carbonyl (C=O) groups is 2. The van der Waals surface area contributed by atoms with Crippen molar-refractivity contribution in [3.8, 4) is 17.1 Å². The van der Waals surface area contributed by atoms with Gasteiger partial charge >= 0.3 is 0 Å². The fourth-order valence-corrected chi connectivity index (χ4v) is 5.99. The van der Waals surface area contributed by atoms with Crippen LogP contribution in [0, 0.1) is 0 Å². The monoisotopic (exact) mass is 585 g/mol. The van der Waals surface area contributed by atoms with Crippen LogP contribution < -0.4 is 0 Å². The number of piperazine rings is 1. The van der Waals surface area contributed by atoms with E-state index in [-0.39, 0.29) is 17.9 Å². The Morgan fingerprint density at radius 2 is 1.66 bits per heavy atom. The average molecular weight is 586 g/mol. The number of amides is 2. The third-order valence-corrected chi connectivity index (χ3v) is 8.35. The van der Waals surface area contributed by atoms with E-state index in [0.717, 1.165) is 27.7 Å². The van der Waals surface area contributed by atoms with Gasteiger partial charge in [0.15, 0.2) is 11.0 Å². The molecule has 0 spiro atoms. The summed E-state index contributed by atoms with van der Waals surface area (Å²) in [5.74, 6) is 1.49. The third-order valence-electron chi connectivity index (χ3n) is 7.01. The van der Waals surface area contributed by atoms with Crippen molar-refractivity contribution < 1.29 is 9.59 Å². The van der Waals surface area contributed by atoms with Gasteiger partial charge < -0.3 is 9.80 Å². The number of hydrogen-bond donors (Lipinski definition) is 0. The molecule has 1 atom stereocenters. The average Bonchev–Trinajstić information content (AvgIpc) is 3.42. The summed E-state index contributed by atoms with van der Waals surface area (Å²) < 4.78 is 2.01. The first-order chi connectivity index (χ1) is 20.0. The predicted octanol–water partition coefficient (Wildman–Crippen LogP) is 6.23. The molecule has 1 unspecified atom stereocenters. The highest BCUT2D eigenvalue weighted by Crippen LogP contribution is 2.32. The van der Waals surface area contributed by atoms with E-state index in [1.807, 2.05) is 112 Å². The molecular weight excluding hydrogens is 554 g/mol. The fraction of sp³-hybridized carbons (Fsp3) is 0.250. The van der Waals surface area contributed by atoms with Crippen LogP contribution in [0.5, 0.6) is 0 Å². The molecule has 1 aliphatic heterocycles. The van der Waals surface area contributed by atoms with E-state index in [9.17, 15) is 9.59 Å². The minimum atomic E-state index is -0.0392. The van der Waals surface area contributed by atoms with E-state index in [4.69, 9.17) is 11.6 Å². The van der Waals surface area contributed by atoms with Crippen LogP contribution in [0.1, 0.15) is 25.3 Å². The molecule has 4 aromatic rings. The van der Waals surface area contributed by atoms with Crippen molar-refractivity contribution in [3.63, 3.8) is 0 Å². The highest BCUT2D eigenvalue weighted by Gasteiger charge is 2.28. The first-order valence-corrected chi connectivity index (χ1v) is 15.1. The van der Waals surface area contributed by atoms with Gasteiger partial charge in [0.2, 0.25) is 11.8 Å². The minimum absolute atomic E-state index is 0.0245. The molecule has 1 saturated heterocycles. The van der Waals surface area contributed by atoms with Gasteiger partial charge in [-0.15, -0.1) is 10.2 Å². The van der Waals surface area contributed by atoms with Gasteiger partial charge in [-0.05, 0) is 49.2 Å². The van der Waals surface area contributed by atoms with Gasteiger partial charge in [0.1, 0.15) is 0 Å². The molecule has 0 saturated carbocycles. The van der Waals surface area contributed by atoms with Crippen LogP contribution in [0.4, 0.5) is 0 Å². The lowest BCUT2D eigenvalue weighted by Gasteiger charge is -2.39. The van der Waals surface area contributed by atoms with Crippen molar-refractivity contribution in [2.75, 3.05) is 25.4 Å². The van der Waals surface area contributed by atoms with E-state index >= 15 is 0 Å². The van der Waals surface area contributed by atoms with Gasteiger partial charge in [-0.3, -0.25) is 14.2 Å². The minimum Gasteiger partial charge on any atom is -0.339 e. The van der Waals surface area contributed by atoms with Gasteiger partial charge in [-0.2, -0.15) is 0 Å². The van der Waals surface area contributed by atoms with Crippen LogP contribution in [0.2, 0.25) is 5.02 Å². The third kappa shape index (κ3) is 7.07. The Kier molecular flexibility index (Phi) is 9.54. The Balaban J connectivity index is 1.15. The lowest BCUT2D eigenvalue weighted by Crippen LogP contribution is -2.55. The Labute approximate surface area is 249 Å². The summed E-state index contributed by atoms with van der Waals surface area (Å²) >= 11 is 8.06. The van der Waals surface area contributed by atoms with Crippen molar-refractivity contribution >= 4 is 41.3 Å². The lowest BCUT2D eigenvalue weighted by atomic mass is 10.1. The number of thioether (sulfide) groups is 1. The summed E-state index contributed by atoms with van der Waals surface area (Å²) in [4.78, 5) is 29.5.